The summed E-state index contributed by atoms with van der Waals surface area (Å²) in [6.07, 6.45) is 0. The molecule has 0 aliphatic heterocycles. The largest absolute Gasteiger partial charge is 0.495 e. The number of rotatable bonds is 6. The molecule has 3 aromatic carbocycles. The predicted molar refractivity (Wildman–Crippen MR) is 119 cm³/mol. The van der Waals surface area contributed by atoms with E-state index in [0.29, 0.717) is 21.5 Å². The molecule has 1 amide bonds. The van der Waals surface area contributed by atoms with Crippen LogP contribution < -0.4 is 10.1 Å². The van der Waals surface area contributed by atoms with Gasteiger partial charge in [-0.3, -0.25) is 10.1 Å². The molecule has 5 nitrogen and oxygen atoms in total. The molecule has 146 valence electrons. The zero-order chi connectivity index (χ0) is 20.2. The van der Waals surface area contributed by atoms with Crippen LogP contribution in [0.15, 0.2) is 65.0 Å². The summed E-state index contributed by atoms with van der Waals surface area (Å²) in [4.78, 5) is 12.4. The molecule has 0 bridgehead atoms. The molecule has 0 fully saturated rings. The van der Waals surface area contributed by atoms with Gasteiger partial charge in [0, 0.05) is 11.3 Å². The topological polar surface area (TPSA) is 64.1 Å². The SMILES string of the molecule is COc1ccc(C(=O)Nc2nnc(SCc3cccc4ccccc34)s2)cc1Cl. The molecule has 4 rings (SSSR count). The molecule has 0 saturated heterocycles. The van der Waals surface area contributed by atoms with Crippen LogP contribution in [-0.2, 0) is 5.75 Å². The summed E-state index contributed by atoms with van der Waals surface area (Å²) < 4.78 is 5.90. The Morgan fingerprint density at radius 3 is 2.79 bits per heavy atom. The number of aromatic nitrogens is 2. The van der Waals surface area contributed by atoms with E-state index in [1.54, 1.807) is 30.0 Å². The fourth-order valence-corrected chi connectivity index (χ4v) is 4.86. The van der Waals surface area contributed by atoms with Crippen molar-refractivity contribution < 1.29 is 9.53 Å². The molecule has 0 unspecified atom stereocenters. The van der Waals surface area contributed by atoms with Crippen LogP contribution in [-0.4, -0.2) is 23.2 Å². The zero-order valence-corrected chi connectivity index (χ0v) is 17.8. The lowest BCUT2D eigenvalue weighted by molar-refractivity contribution is 0.102. The molecule has 1 N–H and O–H groups in total. The Morgan fingerprint density at radius 2 is 1.97 bits per heavy atom. The second-order valence-electron chi connectivity index (χ2n) is 6.10. The first-order chi connectivity index (χ1) is 14.1. The van der Waals surface area contributed by atoms with Gasteiger partial charge >= 0.3 is 0 Å². The molecule has 0 radical (unpaired) electrons. The molecule has 0 aliphatic carbocycles. The fraction of sp³-hybridized carbons (Fsp3) is 0.0952. The number of nitrogens with one attached hydrogen (secondary N) is 1. The van der Waals surface area contributed by atoms with Crippen molar-refractivity contribution in [1.82, 2.24) is 10.2 Å². The number of anilines is 1. The molecular formula is C21H16ClN3O2S2. The van der Waals surface area contributed by atoms with Gasteiger partial charge in [0.2, 0.25) is 5.13 Å². The smallest absolute Gasteiger partial charge is 0.257 e. The molecule has 8 heteroatoms. The van der Waals surface area contributed by atoms with Gasteiger partial charge in [0.25, 0.3) is 5.91 Å². The molecule has 0 spiro atoms. The van der Waals surface area contributed by atoms with Crippen LogP contribution in [0.2, 0.25) is 5.02 Å². The van der Waals surface area contributed by atoms with Crippen molar-refractivity contribution in [2.24, 2.45) is 0 Å². The first kappa shape index (κ1) is 19.7. The Balaban J connectivity index is 1.42. The van der Waals surface area contributed by atoms with Crippen LogP contribution >= 0.6 is 34.7 Å². The summed E-state index contributed by atoms with van der Waals surface area (Å²) in [5.74, 6) is 1.00. The Kier molecular flexibility index (Phi) is 5.99. The van der Waals surface area contributed by atoms with Gasteiger partial charge < -0.3 is 4.74 Å². The number of carbonyl (C=O) groups excluding carboxylic acids is 1. The Labute approximate surface area is 181 Å². The third kappa shape index (κ3) is 4.53. The van der Waals surface area contributed by atoms with Crippen molar-refractivity contribution in [3.8, 4) is 5.75 Å². The summed E-state index contributed by atoms with van der Waals surface area (Å²) in [5.41, 5.74) is 1.66. The normalized spacial score (nSPS) is 10.8. The van der Waals surface area contributed by atoms with Crippen LogP contribution in [0.5, 0.6) is 5.75 Å². The van der Waals surface area contributed by atoms with Crippen molar-refractivity contribution in [3.05, 3.63) is 76.8 Å². The Bertz CT molecular complexity index is 1170. The van der Waals surface area contributed by atoms with Gasteiger partial charge in [-0.15, -0.1) is 10.2 Å². The van der Waals surface area contributed by atoms with E-state index in [4.69, 9.17) is 16.3 Å². The Morgan fingerprint density at radius 1 is 1.14 bits per heavy atom. The number of methoxy groups -OCH3 is 1. The van der Waals surface area contributed by atoms with Crippen molar-refractivity contribution in [3.63, 3.8) is 0 Å². The molecule has 1 heterocycles. The van der Waals surface area contributed by atoms with Gasteiger partial charge in [-0.2, -0.15) is 0 Å². The monoisotopic (exact) mass is 441 g/mol. The predicted octanol–water partition coefficient (Wildman–Crippen LogP) is 5.90. The minimum atomic E-state index is -0.295. The van der Waals surface area contributed by atoms with Gasteiger partial charge in [0.1, 0.15) is 5.75 Å². The van der Waals surface area contributed by atoms with Crippen LogP contribution in [0, 0.1) is 0 Å². The molecule has 0 atom stereocenters. The number of hydrogen-bond donors (Lipinski definition) is 1. The first-order valence-electron chi connectivity index (χ1n) is 8.72. The highest BCUT2D eigenvalue weighted by Crippen LogP contribution is 2.31. The van der Waals surface area contributed by atoms with Crippen LogP contribution in [0.1, 0.15) is 15.9 Å². The van der Waals surface area contributed by atoms with Gasteiger partial charge in [-0.1, -0.05) is 77.2 Å². The first-order valence-corrected chi connectivity index (χ1v) is 10.9. The number of halogens is 1. The van der Waals surface area contributed by atoms with E-state index in [1.165, 1.54) is 34.8 Å². The second-order valence-corrected chi connectivity index (χ2v) is 8.71. The van der Waals surface area contributed by atoms with E-state index in [1.807, 2.05) is 12.1 Å². The van der Waals surface area contributed by atoms with Crippen LogP contribution in [0.25, 0.3) is 10.8 Å². The molecule has 0 aliphatic rings. The quantitative estimate of drug-likeness (QED) is 0.298. The van der Waals surface area contributed by atoms with E-state index < -0.39 is 0 Å². The lowest BCUT2D eigenvalue weighted by Crippen LogP contribution is -2.11. The van der Waals surface area contributed by atoms with Gasteiger partial charge in [-0.05, 0) is 34.5 Å². The van der Waals surface area contributed by atoms with Crippen molar-refractivity contribution in [2.45, 2.75) is 10.1 Å². The van der Waals surface area contributed by atoms with Crippen LogP contribution in [0.3, 0.4) is 0 Å². The number of ether oxygens (including phenoxy) is 1. The van der Waals surface area contributed by atoms with Crippen molar-refractivity contribution in [2.75, 3.05) is 12.4 Å². The summed E-state index contributed by atoms with van der Waals surface area (Å²) in [6, 6.07) is 19.5. The van der Waals surface area contributed by atoms with E-state index >= 15 is 0 Å². The number of fused-ring (bicyclic) bond motifs is 1. The third-order valence-corrected chi connectivity index (χ3v) is 6.59. The number of amides is 1. The maximum atomic E-state index is 12.4. The van der Waals surface area contributed by atoms with E-state index in [9.17, 15) is 4.79 Å². The summed E-state index contributed by atoms with van der Waals surface area (Å²) in [7, 11) is 1.53. The van der Waals surface area contributed by atoms with Crippen molar-refractivity contribution in [1.29, 1.82) is 0 Å². The fourth-order valence-electron chi connectivity index (χ4n) is 2.85. The number of thioether (sulfide) groups is 1. The highest BCUT2D eigenvalue weighted by molar-refractivity contribution is 8.00. The maximum Gasteiger partial charge on any atom is 0.257 e. The average Bonchev–Trinajstić information content (AvgIpc) is 3.19. The van der Waals surface area contributed by atoms with E-state index in [-0.39, 0.29) is 5.91 Å². The third-order valence-electron chi connectivity index (χ3n) is 4.27. The second kappa shape index (κ2) is 8.82. The zero-order valence-electron chi connectivity index (χ0n) is 15.4. The Hall–Kier alpha value is -2.61. The van der Waals surface area contributed by atoms with E-state index in [0.717, 1.165) is 10.1 Å². The molecule has 1 aromatic heterocycles. The lowest BCUT2D eigenvalue weighted by Gasteiger charge is -2.05. The van der Waals surface area contributed by atoms with E-state index in [2.05, 4.69) is 45.8 Å². The number of nitrogens with zero attached hydrogens (tertiary/aromatic N) is 2. The van der Waals surface area contributed by atoms with Gasteiger partial charge in [0.15, 0.2) is 4.34 Å². The number of carbonyl (C=O) groups is 1. The average molecular weight is 442 g/mol. The molecule has 0 saturated carbocycles. The minimum Gasteiger partial charge on any atom is -0.495 e. The minimum absolute atomic E-state index is 0.295. The maximum absolute atomic E-state index is 12.4. The molecule has 4 aromatic rings. The summed E-state index contributed by atoms with van der Waals surface area (Å²) in [5, 5.41) is 14.3. The number of hydrogen-bond acceptors (Lipinski definition) is 6. The number of benzene rings is 3. The van der Waals surface area contributed by atoms with Gasteiger partial charge in [0.05, 0.1) is 12.1 Å². The molecular weight excluding hydrogens is 426 g/mol. The molecule has 29 heavy (non-hydrogen) atoms. The van der Waals surface area contributed by atoms with Gasteiger partial charge in [-0.25, -0.2) is 0 Å². The standard InChI is InChI=1S/C21H16ClN3O2S2/c1-27-18-10-9-14(11-17(18)22)19(26)23-20-24-25-21(29-20)28-12-15-7-4-6-13-5-2-3-8-16(13)15/h2-11H,12H2,1H3,(H,23,24,26). The highest BCUT2D eigenvalue weighted by Gasteiger charge is 2.13. The lowest BCUT2D eigenvalue weighted by atomic mass is 10.1. The van der Waals surface area contributed by atoms with Crippen molar-refractivity contribution >= 4 is 56.5 Å². The summed E-state index contributed by atoms with van der Waals surface area (Å²) in [6.45, 7) is 0. The summed E-state index contributed by atoms with van der Waals surface area (Å²) >= 11 is 9.03. The van der Waals surface area contributed by atoms with Crippen LogP contribution in [0.4, 0.5) is 5.13 Å². The highest BCUT2D eigenvalue weighted by atomic mass is 35.5.